The quantitative estimate of drug-likeness (QED) is 0.791. The monoisotopic (exact) mass is 339 g/mol. The Morgan fingerprint density at radius 2 is 2.04 bits per heavy atom. The number of rotatable bonds is 3. The minimum atomic E-state index is -0.104. The van der Waals surface area contributed by atoms with Crippen molar-refractivity contribution < 1.29 is 9.21 Å². The van der Waals surface area contributed by atoms with E-state index in [4.69, 9.17) is 4.42 Å². The first-order chi connectivity index (χ1) is 11.8. The van der Waals surface area contributed by atoms with Gasteiger partial charge >= 0.3 is 0 Å². The molecular weight excluding hydrogens is 318 g/mol. The zero-order valence-electron chi connectivity index (χ0n) is 14.8. The highest BCUT2D eigenvalue weighted by atomic mass is 16.3. The van der Waals surface area contributed by atoms with Crippen molar-refractivity contribution in [2.24, 2.45) is 5.92 Å². The molecule has 0 aliphatic heterocycles. The van der Waals surface area contributed by atoms with Crippen LogP contribution in [-0.4, -0.2) is 25.5 Å². The molecule has 0 radical (unpaired) electrons. The normalized spacial score (nSPS) is 14.9. The average Bonchev–Trinajstić information content (AvgIpc) is 3.12. The highest BCUT2D eigenvalue weighted by Gasteiger charge is 2.30. The van der Waals surface area contributed by atoms with Crippen molar-refractivity contribution in [3.8, 4) is 11.6 Å². The smallest absolute Gasteiger partial charge is 0.228 e. The average molecular weight is 339 g/mol. The summed E-state index contributed by atoms with van der Waals surface area (Å²) in [5, 5.41) is 7.28. The maximum atomic E-state index is 12.1. The molecule has 3 heterocycles. The fraction of sp³-hybridized carbons (Fsp3) is 0.444. The molecule has 1 saturated carbocycles. The molecule has 4 rings (SSSR count). The van der Waals surface area contributed by atoms with Gasteiger partial charge in [-0.15, -0.1) is 5.10 Å². The lowest BCUT2D eigenvalue weighted by Crippen LogP contribution is -2.15. The topological polar surface area (TPSA) is 85.3 Å². The molecule has 1 N–H and O–H groups in total. The van der Waals surface area contributed by atoms with Crippen molar-refractivity contribution in [1.29, 1.82) is 0 Å². The number of furan rings is 1. The molecule has 130 valence electrons. The fourth-order valence-corrected chi connectivity index (χ4v) is 2.66. The number of fused-ring (bicyclic) bond motifs is 1. The number of amides is 1. The number of anilines is 1. The lowest BCUT2D eigenvalue weighted by molar-refractivity contribution is -0.117. The Labute approximate surface area is 145 Å². The van der Waals surface area contributed by atoms with Crippen LogP contribution in [0.3, 0.4) is 0 Å². The van der Waals surface area contributed by atoms with Crippen LogP contribution < -0.4 is 5.32 Å². The summed E-state index contributed by atoms with van der Waals surface area (Å²) in [6.07, 6.45) is 1.89. The fourth-order valence-electron chi connectivity index (χ4n) is 2.66. The zero-order chi connectivity index (χ0) is 17.8. The van der Waals surface area contributed by atoms with E-state index in [1.807, 2.05) is 19.1 Å². The number of carbonyl (C=O) groups excluding carboxylic acids is 1. The number of nitrogens with one attached hydrogen (secondary N) is 1. The van der Waals surface area contributed by atoms with Gasteiger partial charge in [0, 0.05) is 17.4 Å². The van der Waals surface area contributed by atoms with Crippen molar-refractivity contribution in [1.82, 2.24) is 19.6 Å². The van der Waals surface area contributed by atoms with E-state index >= 15 is 0 Å². The summed E-state index contributed by atoms with van der Waals surface area (Å²) < 4.78 is 7.65. The van der Waals surface area contributed by atoms with Crippen LogP contribution in [0.25, 0.3) is 17.2 Å². The molecule has 1 aliphatic rings. The molecule has 1 fully saturated rings. The molecule has 0 spiro atoms. The van der Waals surface area contributed by atoms with Gasteiger partial charge in [-0.05, 0) is 31.9 Å². The van der Waals surface area contributed by atoms with Gasteiger partial charge in [-0.3, -0.25) is 4.79 Å². The molecular formula is C18H21N5O2. The third-order valence-corrected chi connectivity index (χ3v) is 4.20. The maximum Gasteiger partial charge on any atom is 0.228 e. The molecule has 7 nitrogen and oxygen atoms in total. The Morgan fingerprint density at radius 1 is 1.28 bits per heavy atom. The number of hydrogen-bond donors (Lipinski definition) is 1. The Balaban J connectivity index is 1.80. The summed E-state index contributed by atoms with van der Waals surface area (Å²) in [7, 11) is 0. The Hall–Kier alpha value is -2.70. The van der Waals surface area contributed by atoms with E-state index in [9.17, 15) is 4.79 Å². The predicted molar refractivity (Wildman–Crippen MR) is 93.3 cm³/mol. The van der Waals surface area contributed by atoms with Crippen LogP contribution >= 0.6 is 0 Å². The molecule has 25 heavy (non-hydrogen) atoms. The molecule has 0 unspecified atom stereocenters. The molecule has 1 amide bonds. The summed E-state index contributed by atoms with van der Waals surface area (Å²) in [6.45, 7) is 8.08. The molecule has 0 atom stereocenters. The Morgan fingerprint density at radius 3 is 2.68 bits per heavy atom. The van der Waals surface area contributed by atoms with Gasteiger partial charge < -0.3 is 9.73 Å². The Bertz CT molecular complexity index is 960. The van der Waals surface area contributed by atoms with Crippen LogP contribution in [0.5, 0.6) is 0 Å². The first-order valence-electron chi connectivity index (χ1n) is 8.47. The van der Waals surface area contributed by atoms with Crippen LogP contribution in [0, 0.1) is 12.8 Å². The number of hydrogen-bond acceptors (Lipinski definition) is 5. The van der Waals surface area contributed by atoms with Gasteiger partial charge in [0.25, 0.3) is 0 Å². The highest BCUT2D eigenvalue weighted by Crippen LogP contribution is 2.31. The van der Waals surface area contributed by atoms with E-state index in [0.29, 0.717) is 28.9 Å². The van der Waals surface area contributed by atoms with E-state index in [2.05, 4.69) is 41.2 Å². The van der Waals surface area contributed by atoms with Crippen LogP contribution in [0.2, 0.25) is 0 Å². The van der Waals surface area contributed by atoms with Crippen LogP contribution in [0.4, 0.5) is 5.82 Å². The van der Waals surface area contributed by atoms with E-state index < -0.39 is 0 Å². The number of nitrogens with zero attached hydrogens (tertiary/aromatic N) is 4. The van der Waals surface area contributed by atoms with Crippen molar-refractivity contribution in [2.75, 3.05) is 5.32 Å². The number of carbonyl (C=O) groups is 1. The van der Waals surface area contributed by atoms with Gasteiger partial charge in [0.05, 0.1) is 0 Å². The zero-order valence-corrected chi connectivity index (χ0v) is 14.8. The minimum absolute atomic E-state index is 0.00821. The molecule has 1 aliphatic carbocycles. The van der Waals surface area contributed by atoms with Crippen LogP contribution in [0.1, 0.15) is 45.2 Å². The molecule has 0 bridgehead atoms. The SMILES string of the molecule is Cc1nc2cc(NC(=O)C3CC3)nc(-c3ccc(C(C)(C)C)o3)n2n1. The first kappa shape index (κ1) is 15.8. The summed E-state index contributed by atoms with van der Waals surface area (Å²) in [4.78, 5) is 21.0. The van der Waals surface area contributed by atoms with Gasteiger partial charge in [-0.1, -0.05) is 20.8 Å². The minimum Gasteiger partial charge on any atom is -0.457 e. The molecule has 0 saturated heterocycles. The third-order valence-electron chi connectivity index (χ3n) is 4.20. The summed E-state index contributed by atoms with van der Waals surface area (Å²) in [5.74, 6) is 3.21. The summed E-state index contributed by atoms with van der Waals surface area (Å²) in [6, 6.07) is 5.56. The van der Waals surface area contributed by atoms with Crippen molar-refractivity contribution in [3.63, 3.8) is 0 Å². The van der Waals surface area contributed by atoms with E-state index in [1.54, 1.807) is 10.6 Å². The molecule has 7 heteroatoms. The lowest BCUT2D eigenvalue weighted by Gasteiger charge is -2.14. The summed E-state index contributed by atoms with van der Waals surface area (Å²) in [5.41, 5.74) is 0.523. The summed E-state index contributed by atoms with van der Waals surface area (Å²) >= 11 is 0. The van der Waals surface area contributed by atoms with Gasteiger partial charge in [0.1, 0.15) is 17.4 Å². The second-order valence-electron chi connectivity index (χ2n) is 7.57. The van der Waals surface area contributed by atoms with Crippen LogP contribution in [-0.2, 0) is 10.2 Å². The van der Waals surface area contributed by atoms with Crippen molar-refractivity contribution in [2.45, 2.75) is 46.0 Å². The van der Waals surface area contributed by atoms with Gasteiger partial charge in [0.15, 0.2) is 11.4 Å². The maximum absolute atomic E-state index is 12.1. The van der Waals surface area contributed by atoms with E-state index in [1.165, 1.54) is 0 Å². The van der Waals surface area contributed by atoms with Gasteiger partial charge in [-0.2, -0.15) is 4.52 Å². The largest absolute Gasteiger partial charge is 0.457 e. The standard InChI is InChI=1S/C18H21N5O2/c1-10-19-15-9-14(21-17(24)11-5-6-11)20-16(23(15)22-10)12-7-8-13(25-12)18(2,3)4/h7-9,11H,5-6H2,1-4H3,(H,21,24). The lowest BCUT2D eigenvalue weighted by atomic mass is 9.94. The van der Waals surface area contributed by atoms with E-state index in [0.717, 1.165) is 18.6 Å². The second kappa shape index (κ2) is 5.40. The second-order valence-corrected chi connectivity index (χ2v) is 7.57. The Kier molecular flexibility index (Phi) is 3.42. The molecule has 0 aromatic carbocycles. The van der Waals surface area contributed by atoms with Gasteiger partial charge in [0.2, 0.25) is 11.7 Å². The number of aryl methyl sites for hydroxylation is 1. The molecule has 3 aromatic rings. The van der Waals surface area contributed by atoms with Crippen molar-refractivity contribution in [3.05, 3.63) is 29.8 Å². The van der Waals surface area contributed by atoms with Crippen LogP contribution in [0.15, 0.2) is 22.6 Å². The van der Waals surface area contributed by atoms with Crippen molar-refractivity contribution >= 4 is 17.4 Å². The molecule has 3 aromatic heterocycles. The van der Waals surface area contributed by atoms with E-state index in [-0.39, 0.29) is 17.2 Å². The predicted octanol–water partition coefficient (Wildman–Crippen LogP) is 3.34. The first-order valence-corrected chi connectivity index (χ1v) is 8.47. The third kappa shape index (κ3) is 3.01. The highest BCUT2D eigenvalue weighted by molar-refractivity contribution is 5.93. The number of aromatic nitrogens is 4. The van der Waals surface area contributed by atoms with Gasteiger partial charge in [-0.25, -0.2) is 9.97 Å².